The molecule has 10 heteroatoms. The van der Waals surface area contributed by atoms with Crippen LogP contribution in [0.5, 0.6) is 0 Å². The number of aliphatic hydroxyl groups is 1. The predicted octanol–water partition coefficient (Wildman–Crippen LogP) is 3.81. The van der Waals surface area contributed by atoms with E-state index in [2.05, 4.69) is 46.3 Å². The molecule has 1 fully saturated rings. The van der Waals surface area contributed by atoms with Gasteiger partial charge in [-0.25, -0.2) is 19.3 Å². The van der Waals surface area contributed by atoms with E-state index in [-0.39, 0.29) is 5.56 Å². The number of rotatable bonds is 4. The topological polar surface area (TPSA) is 104 Å². The maximum absolute atomic E-state index is 13.4. The Kier molecular flexibility index (Phi) is 6.89. The summed E-state index contributed by atoms with van der Waals surface area (Å²) in [6, 6.07) is 14.4. The van der Waals surface area contributed by atoms with Crippen LogP contribution in [0.1, 0.15) is 38.3 Å². The summed E-state index contributed by atoms with van der Waals surface area (Å²) in [5, 5.41) is 14.8. The molecule has 10 nitrogen and oxygen atoms in total. The fraction of sp³-hybridized carbons (Fsp3) is 0.400. The first-order valence-electron chi connectivity index (χ1n) is 13.9. The van der Waals surface area contributed by atoms with Gasteiger partial charge in [0.1, 0.15) is 11.0 Å². The predicted molar refractivity (Wildman–Crippen MR) is 158 cm³/mol. The van der Waals surface area contributed by atoms with Gasteiger partial charge in [-0.3, -0.25) is 4.79 Å². The van der Waals surface area contributed by atoms with Crippen LogP contribution >= 0.6 is 0 Å². The van der Waals surface area contributed by atoms with Gasteiger partial charge in [-0.1, -0.05) is 18.2 Å². The summed E-state index contributed by atoms with van der Waals surface area (Å²) in [7, 11) is 4.31. The van der Waals surface area contributed by atoms with Crippen molar-refractivity contribution in [2.24, 2.45) is 0 Å². The Morgan fingerprint density at radius 3 is 2.58 bits per heavy atom. The number of hydrogen-bond donors (Lipinski definition) is 2. The van der Waals surface area contributed by atoms with Crippen LogP contribution < -0.4 is 15.8 Å². The van der Waals surface area contributed by atoms with Crippen LogP contribution in [0.2, 0.25) is 0 Å². The van der Waals surface area contributed by atoms with Gasteiger partial charge in [-0.15, -0.1) is 0 Å². The Labute approximate surface area is 233 Å². The van der Waals surface area contributed by atoms with E-state index < -0.39 is 5.60 Å². The van der Waals surface area contributed by atoms with Crippen molar-refractivity contribution in [3.05, 3.63) is 76.9 Å². The first-order chi connectivity index (χ1) is 19.3. The lowest BCUT2D eigenvalue weighted by Crippen LogP contribution is -2.41. The van der Waals surface area contributed by atoms with E-state index in [0.29, 0.717) is 53.9 Å². The average Bonchev–Trinajstić information content (AvgIpc) is 3.23. The standard InChI is InChI=1S/C30H36N8O2/c1-30(40)16-5-4-6-17-37-28(39)24-20-31-29(34-27(24)38(37)26-9-7-8-25(30)33-26)32-21-10-12-23(13-11-21)36-18-14-22(15-19-36)35(2)3/h4,6-13,20,22,40H,5,14-19H2,1-3H3,(H,31,32,34)/b6-4-/t30-/m1/s1. The van der Waals surface area contributed by atoms with Crippen LogP contribution in [0, 0.1) is 0 Å². The lowest BCUT2D eigenvalue weighted by molar-refractivity contribution is 0.0443. The second kappa shape index (κ2) is 10.5. The molecule has 0 spiro atoms. The first-order valence-corrected chi connectivity index (χ1v) is 13.9. The van der Waals surface area contributed by atoms with Gasteiger partial charge in [0.15, 0.2) is 11.5 Å². The third-order valence-electron chi connectivity index (χ3n) is 8.10. The van der Waals surface area contributed by atoms with Crippen molar-refractivity contribution in [2.75, 3.05) is 37.4 Å². The molecule has 5 heterocycles. The van der Waals surface area contributed by atoms with Gasteiger partial charge >= 0.3 is 0 Å². The molecule has 0 saturated carbocycles. The van der Waals surface area contributed by atoms with E-state index in [1.165, 1.54) is 5.69 Å². The quantitative estimate of drug-likeness (QED) is 0.377. The molecule has 0 unspecified atom stereocenters. The molecule has 0 amide bonds. The van der Waals surface area contributed by atoms with Crippen LogP contribution in [0.15, 0.2) is 65.6 Å². The van der Waals surface area contributed by atoms with Crippen molar-refractivity contribution in [1.82, 2.24) is 29.2 Å². The number of hydrogen-bond acceptors (Lipinski definition) is 8. The molecule has 4 aromatic rings. The number of nitrogens with zero attached hydrogens (tertiary/aromatic N) is 7. The average molecular weight is 541 g/mol. The molecule has 1 saturated heterocycles. The van der Waals surface area contributed by atoms with Gasteiger partial charge in [-0.2, -0.15) is 4.98 Å². The normalized spacial score (nSPS) is 20.8. The number of piperidine rings is 1. The van der Waals surface area contributed by atoms with Crippen molar-refractivity contribution < 1.29 is 5.11 Å². The molecule has 3 aromatic heterocycles. The highest BCUT2D eigenvalue weighted by atomic mass is 16.3. The maximum Gasteiger partial charge on any atom is 0.278 e. The summed E-state index contributed by atoms with van der Waals surface area (Å²) in [5.41, 5.74) is 1.81. The van der Waals surface area contributed by atoms with Crippen LogP contribution in [0.3, 0.4) is 0 Å². The Morgan fingerprint density at radius 2 is 1.82 bits per heavy atom. The van der Waals surface area contributed by atoms with Crippen LogP contribution in [0.4, 0.5) is 17.3 Å². The van der Waals surface area contributed by atoms with Crippen LogP contribution in [-0.4, -0.2) is 67.5 Å². The number of benzene rings is 1. The monoisotopic (exact) mass is 540 g/mol. The van der Waals surface area contributed by atoms with Crippen molar-refractivity contribution in [3.63, 3.8) is 0 Å². The third-order valence-corrected chi connectivity index (χ3v) is 8.10. The molecule has 2 aliphatic heterocycles. The number of fused-ring (bicyclic) bond motifs is 6. The Hall–Kier alpha value is -4.02. The summed E-state index contributed by atoms with van der Waals surface area (Å²) >= 11 is 0. The number of allylic oxidation sites excluding steroid dienone is 2. The van der Waals surface area contributed by atoms with Gasteiger partial charge in [0.2, 0.25) is 5.95 Å². The molecule has 40 heavy (non-hydrogen) atoms. The van der Waals surface area contributed by atoms with Crippen molar-refractivity contribution in [2.45, 2.75) is 50.8 Å². The first kappa shape index (κ1) is 26.2. The molecule has 2 bridgehead atoms. The highest BCUT2D eigenvalue weighted by Gasteiger charge is 2.26. The summed E-state index contributed by atoms with van der Waals surface area (Å²) < 4.78 is 3.33. The molecule has 1 aromatic carbocycles. The zero-order chi connectivity index (χ0) is 27.9. The SMILES string of the molecule is CN(C)C1CCN(c2ccc(Nc3ncc4c(=O)n5n(c4n3)-c3cccc(n3)[C@](C)(O)CC/C=C\C5)cc2)CC1. The highest BCUT2D eigenvalue weighted by molar-refractivity contribution is 5.77. The van der Waals surface area contributed by atoms with Gasteiger partial charge < -0.3 is 20.2 Å². The van der Waals surface area contributed by atoms with Gasteiger partial charge in [0, 0.05) is 36.7 Å². The van der Waals surface area contributed by atoms with Gasteiger partial charge in [0.05, 0.1) is 12.2 Å². The number of aromatic nitrogens is 5. The summed E-state index contributed by atoms with van der Waals surface area (Å²) in [5.74, 6) is 0.910. The second-order valence-electron chi connectivity index (χ2n) is 11.1. The second-order valence-corrected chi connectivity index (χ2v) is 11.1. The summed E-state index contributed by atoms with van der Waals surface area (Å²) in [6.45, 7) is 4.22. The zero-order valence-corrected chi connectivity index (χ0v) is 23.3. The van der Waals surface area contributed by atoms with E-state index in [9.17, 15) is 9.90 Å². The van der Waals surface area contributed by atoms with E-state index in [1.807, 2.05) is 42.5 Å². The number of anilines is 3. The minimum Gasteiger partial charge on any atom is -0.384 e. The molecular formula is C30H36N8O2. The summed E-state index contributed by atoms with van der Waals surface area (Å²) in [4.78, 5) is 32.1. The largest absolute Gasteiger partial charge is 0.384 e. The van der Waals surface area contributed by atoms with Gasteiger partial charge in [0.25, 0.3) is 5.56 Å². The van der Waals surface area contributed by atoms with Gasteiger partial charge in [-0.05, 0) is 83.1 Å². The molecule has 6 rings (SSSR count). The zero-order valence-electron chi connectivity index (χ0n) is 23.3. The van der Waals surface area contributed by atoms with E-state index >= 15 is 0 Å². The van der Waals surface area contributed by atoms with E-state index in [0.717, 1.165) is 31.6 Å². The van der Waals surface area contributed by atoms with Crippen molar-refractivity contribution in [3.8, 4) is 5.82 Å². The fourth-order valence-electron chi connectivity index (χ4n) is 5.64. The highest BCUT2D eigenvalue weighted by Crippen LogP contribution is 2.28. The molecule has 1 atom stereocenters. The Balaban J connectivity index is 1.31. The lowest BCUT2D eigenvalue weighted by Gasteiger charge is -2.36. The maximum atomic E-state index is 13.4. The Bertz CT molecular complexity index is 1590. The minimum absolute atomic E-state index is 0.188. The van der Waals surface area contributed by atoms with E-state index in [1.54, 1.807) is 22.5 Å². The molecule has 0 aliphatic carbocycles. The molecule has 208 valence electrons. The lowest BCUT2D eigenvalue weighted by atomic mass is 9.95. The molecule has 2 N–H and O–H groups in total. The minimum atomic E-state index is -1.09. The molecule has 2 aliphatic rings. The number of nitrogens with one attached hydrogen (secondary N) is 1. The molecule has 0 radical (unpaired) electrons. The van der Waals surface area contributed by atoms with E-state index in [4.69, 9.17) is 9.97 Å². The smallest absolute Gasteiger partial charge is 0.278 e. The van der Waals surface area contributed by atoms with Crippen LogP contribution in [-0.2, 0) is 12.1 Å². The fourth-order valence-corrected chi connectivity index (χ4v) is 5.64. The Morgan fingerprint density at radius 1 is 1.05 bits per heavy atom. The molecular weight excluding hydrogens is 504 g/mol. The van der Waals surface area contributed by atoms with Crippen LogP contribution in [0.25, 0.3) is 16.9 Å². The number of pyridine rings is 1. The summed E-state index contributed by atoms with van der Waals surface area (Å²) in [6.07, 6.45) is 9.03. The van der Waals surface area contributed by atoms with Crippen molar-refractivity contribution in [1.29, 1.82) is 0 Å². The van der Waals surface area contributed by atoms with Crippen molar-refractivity contribution >= 4 is 28.4 Å². The third kappa shape index (κ3) is 5.00.